The fraction of sp³-hybridized carbons (Fsp3) is 0.429. The summed E-state index contributed by atoms with van der Waals surface area (Å²) in [5, 5.41) is 4.70. The fourth-order valence-electron chi connectivity index (χ4n) is 4.20. The van der Waals surface area contributed by atoms with Crippen LogP contribution in [0.2, 0.25) is 0 Å². The van der Waals surface area contributed by atoms with E-state index in [4.69, 9.17) is 9.26 Å². The zero-order valence-corrected chi connectivity index (χ0v) is 17.0. The van der Waals surface area contributed by atoms with Crippen molar-refractivity contribution in [2.45, 2.75) is 12.8 Å². The number of carbonyl (C=O) groups is 1. The minimum Gasteiger partial charge on any atom is -0.497 e. The standard InChI is InChI=1S/C21H24N6O3/c1-29-16-6-4-15(5-7-16)25-10-12-27(13-11-25)21(28)18-17-19(26-8-2-3-9-26)22-14-23-20(17)30-24-18/h4-7,14H,2-3,8-13H2,1H3. The number of nitrogens with zero attached hydrogens (tertiary/aromatic N) is 6. The van der Waals surface area contributed by atoms with Crippen LogP contribution in [-0.4, -0.2) is 72.3 Å². The Hall–Kier alpha value is -3.36. The molecule has 156 valence electrons. The molecule has 4 heterocycles. The number of piperazine rings is 1. The second-order valence-electron chi connectivity index (χ2n) is 7.58. The number of anilines is 2. The third-order valence-corrected chi connectivity index (χ3v) is 5.87. The van der Waals surface area contributed by atoms with Gasteiger partial charge in [-0.25, -0.2) is 4.98 Å². The van der Waals surface area contributed by atoms with Gasteiger partial charge in [-0.3, -0.25) is 4.79 Å². The first-order valence-corrected chi connectivity index (χ1v) is 10.3. The Labute approximate surface area is 174 Å². The quantitative estimate of drug-likeness (QED) is 0.649. The summed E-state index contributed by atoms with van der Waals surface area (Å²) < 4.78 is 10.6. The molecule has 0 radical (unpaired) electrons. The number of methoxy groups -OCH3 is 1. The van der Waals surface area contributed by atoms with Crippen molar-refractivity contribution in [1.82, 2.24) is 20.0 Å². The Morgan fingerprint density at radius 3 is 2.40 bits per heavy atom. The fourth-order valence-corrected chi connectivity index (χ4v) is 4.20. The van der Waals surface area contributed by atoms with Gasteiger partial charge in [0.1, 0.15) is 23.3 Å². The number of benzene rings is 1. The molecule has 0 aliphatic carbocycles. The molecule has 1 amide bonds. The average Bonchev–Trinajstić information content (AvgIpc) is 3.49. The first kappa shape index (κ1) is 18.7. The molecule has 0 bridgehead atoms. The molecule has 2 saturated heterocycles. The van der Waals surface area contributed by atoms with E-state index in [1.54, 1.807) is 7.11 Å². The molecule has 2 aromatic heterocycles. The van der Waals surface area contributed by atoms with E-state index in [0.717, 1.165) is 56.3 Å². The lowest BCUT2D eigenvalue weighted by Crippen LogP contribution is -2.49. The predicted octanol–water partition coefficient (Wildman–Crippen LogP) is 2.19. The number of rotatable bonds is 4. The van der Waals surface area contributed by atoms with Crippen molar-refractivity contribution < 1.29 is 14.1 Å². The lowest BCUT2D eigenvalue weighted by molar-refractivity contribution is 0.0738. The highest BCUT2D eigenvalue weighted by atomic mass is 16.5. The van der Waals surface area contributed by atoms with Crippen molar-refractivity contribution in [3.05, 3.63) is 36.3 Å². The van der Waals surface area contributed by atoms with Crippen LogP contribution in [0.1, 0.15) is 23.3 Å². The molecule has 0 N–H and O–H groups in total. The molecular formula is C21H24N6O3. The summed E-state index contributed by atoms with van der Waals surface area (Å²) in [5.74, 6) is 1.46. The van der Waals surface area contributed by atoms with Crippen LogP contribution in [0.15, 0.2) is 35.1 Å². The van der Waals surface area contributed by atoms with Crippen molar-refractivity contribution >= 4 is 28.5 Å². The Morgan fingerprint density at radius 1 is 0.967 bits per heavy atom. The molecule has 5 rings (SSSR count). The molecule has 30 heavy (non-hydrogen) atoms. The number of amides is 1. The SMILES string of the molecule is COc1ccc(N2CCN(C(=O)c3noc4ncnc(N5CCCC5)c34)CC2)cc1. The molecule has 2 fully saturated rings. The van der Waals surface area contributed by atoms with Gasteiger partial charge in [-0.2, -0.15) is 4.98 Å². The topological polar surface area (TPSA) is 87.8 Å². The lowest BCUT2D eigenvalue weighted by atomic mass is 10.2. The summed E-state index contributed by atoms with van der Waals surface area (Å²) in [5.41, 5.74) is 1.80. The maximum absolute atomic E-state index is 13.3. The van der Waals surface area contributed by atoms with E-state index in [0.29, 0.717) is 29.9 Å². The van der Waals surface area contributed by atoms with Crippen molar-refractivity contribution in [1.29, 1.82) is 0 Å². The van der Waals surface area contributed by atoms with Crippen LogP contribution in [-0.2, 0) is 0 Å². The van der Waals surface area contributed by atoms with Gasteiger partial charge in [-0.15, -0.1) is 0 Å². The normalized spacial score (nSPS) is 17.0. The van der Waals surface area contributed by atoms with Crippen molar-refractivity contribution in [2.75, 3.05) is 56.2 Å². The van der Waals surface area contributed by atoms with Gasteiger partial charge in [0.2, 0.25) is 0 Å². The molecule has 9 nitrogen and oxygen atoms in total. The second kappa shape index (κ2) is 7.81. The summed E-state index contributed by atoms with van der Waals surface area (Å²) >= 11 is 0. The van der Waals surface area contributed by atoms with E-state index in [2.05, 4.69) is 24.9 Å². The Bertz CT molecular complexity index is 1040. The highest BCUT2D eigenvalue weighted by Crippen LogP contribution is 2.30. The highest BCUT2D eigenvalue weighted by Gasteiger charge is 2.30. The largest absolute Gasteiger partial charge is 0.497 e. The highest BCUT2D eigenvalue weighted by molar-refractivity contribution is 6.07. The predicted molar refractivity (Wildman–Crippen MR) is 112 cm³/mol. The van der Waals surface area contributed by atoms with E-state index < -0.39 is 0 Å². The van der Waals surface area contributed by atoms with Gasteiger partial charge in [-0.05, 0) is 37.1 Å². The number of carbonyl (C=O) groups excluding carboxylic acids is 1. The zero-order valence-electron chi connectivity index (χ0n) is 17.0. The van der Waals surface area contributed by atoms with Crippen LogP contribution in [0, 0.1) is 0 Å². The first-order chi connectivity index (χ1) is 14.7. The third kappa shape index (κ3) is 3.30. The minimum atomic E-state index is -0.127. The number of hydrogen-bond acceptors (Lipinski definition) is 8. The maximum Gasteiger partial charge on any atom is 0.277 e. The van der Waals surface area contributed by atoms with Gasteiger partial charge in [-0.1, -0.05) is 5.16 Å². The molecule has 0 unspecified atom stereocenters. The Balaban J connectivity index is 1.34. The molecule has 0 spiro atoms. The summed E-state index contributed by atoms with van der Waals surface area (Å²) in [6.07, 6.45) is 3.71. The smallest absolute Gasteiger partial charge is 0.277 e. The molecule has 2 aliphatic rings. The van der Waals surface area contributed by atoms with E-state index >= 15 is 0 Å². The summed E-state index contributed by atoms with van der Waals surface area (Å²) in [7, 11) is 1.66. The maximum atomic E-state index is 13.3. The third-order valence-electron chi connectivity index (χ3n) is 5.87. The van der Waals surface area contributed by atoms with Crippen molar-refractivity contribution in [3.63, 3.8) is 0 Å². The van der Waals surface area contributed by atoms with Gasteiger partial charge in [0, 0.05) is 45.0 Å². The van der Waals surface area contributed by atoms with E-state index in [1.165, 1.54) is 6.33 Å². The van der Waals surface area contributed by atoms with Crippen molar-refractivity contribution in [2.24, 2.45) is 0 Å². The summed E-state index contributed by atoms with van der Waals surface area (Å²) in [6.45, 7) is 4.58. The van der Waals surface area contributed by atoms with Crippen LogP contribution in [0.5, 0.6) is 5.75 Å². The average molecular weight is 408 g/mol. The molecule has 0 atom stereocenters. The van der Waals surface area contributed by atoms with E-state index in [-0.39, 0.29) is 5.91 Å². The zero-order chi connectivity index (χ0) is 20.5. The second-order valence-corrected chi connectivity index (χ2v) is 7.58. The number of aromatic nitrogens is 3. The number of hydrogen-bond donors (Lipinski definition) is 0. The van der Waals surface area contributed by atoms with Gasteiger partial charge in [0.05, 0.1) is 7.11 Å². The van der Waals surface area contributed by atoms with Gasteiger partial charge < -0.3 is 24.0 Å². The summed E-state index contributed by atoms with van der Waals surface area (Å²) in [6, 6.07) is 7.99. The Morgan fingerprint density at radius 2 is 1.70 bits per heavy atom. The van der Waals surface area contributed by atoms with Gasteiger partial charge in [0.25, 0.3) is 11.6 Å². The molecule has 1 aromatic carbocycles. The van der Waals surface area contributed by atoms with E-state index in [9.17, 15) is 4.79 Å². The Kier molecular flexibility index (Phi) is 4.86. The molecule has 2 aliphatic heterocycles. The van der Waals surface area contributed by atoms with Crippen LogP contribution < -0.4 is 14.5 Å². The van der Waals surface area contributed by atoms with Crippen LogP contribution >= 0.6 is 0 Å². The van der Waals surface area contributed by atoms with Gasteiger partial charge in [0.15, 0.2) is 5.69 Å². The van der Waals surface area contributed by atoms with E-state index in [1.807, 2.05) is 29.2 Å². The number of fused-ring (bicyclic) bond motifs is 1. The monoisotopic (exact) mass is 408 g/mol. The van der Waals surface area contributed by atoms with Crippen molar-refractivity contribution in [3.8, 4) is 5.75 Å². The minimum absolute atomic E-state index is 0.127. The summed E-state index contributed by atoms with van der Waals surface area (Å²) in [4.78, 5) is 28.2. The van der Waals surface area contributed by atoms with Gasteiger partial charge >= 0.3 is 0 Å². The lowest BCUT2D eigenvalue weighted by Gasteiger charge is -2.35. The van der Waals surface area contributed by atoms with Crippen LogP contribution in [0.25, 0.3) is 11.1 Å². The molecule has 0 saturated carbocycles. The number of ether oxygens (including phenoxy) is 1. The van der Waals surface area contributed by atoms with Crippen LogP contribution in [0.4, 0.5) is 11.5 Å². The van der Waals surface area contributed by atoms with Crippen LogP contribution in [0.3, 0.4) is 0 Å². The molecule has 9 heteroatoms. The molecule has 3 aromatic rings. The first-order valence-electron chi connectivity index (χ1n) is 10.3. The molecular weight excluding hydrogens is 384 g/mol.